The summed E-state index contributed by atoms with van der Waals surface area (Å²) in [6.07, 6.45) is 11.0. The number of nitrogens with two attached hydrogens (primary N) is 1. The van der Waals surface area contributed by atoms with E-state index in [-0.39, 0.29) is 0 Å². The zero-order valence-electron chi connectivity index (χ0n) is 7.67. The Morgan fingerprint density at radius 3 is 2.58 bits per heavy atom. The van der Waals surface area contributed by atoms with Crippen LogP contribution < -0.4 is 5.73 Å². The smallest absolute Gasteiger partial charge is 0.0651 e. The fourth-order valence-corrected chi connectivity index (χ4v) is 1.59. The highest BCUT2D eigenvalue weighted by Gasteiger charge is 2.12. The van der Waals surface area contributed by atoms with Crippen molar-refractivity contribution >= 4 is 0 Å². The maximum Gasteiger partial charge on any atom is 0.0651 e. The van der Waals surface area contributed by atoms with Gasteiger partial charge in [-0.05, 0) is 12.8 Å². The summed E-state index contributed by atoms with van der Waals surface area (Å²) in [6, 6.07) is 0. The number of rotatable bonds is 4. The summed E-state index contributed by atoms with van der Waals surface area (Å²) < 4.78 is 5.64. The molecule has 0 aliphatic heterocycles. The SMILES string of the molecule is NCC=CCOC1CCCCC1. The summed E-state index contributed by atoms with van der Waals surface area (Å²) in [5, 5.41) is 0. The highest BCUT2D eigenvalue weighted by Crippen LogP contribution is 2.19. The first-order valence-corrected chi connectivity index (χ1v) is 4.90. The first-order valence-electron chi connectivity index (χ1n) is 4.90. The zero-order valence-corrected chi connectivity index (χ0v) is 7.67. The molecule has 0 aromatic rings. The van der Waals surface area contributed by atoms with Crippen LogP contribution in [0.25, 0.3) is 0 Å². The largest absolute Gasteiger partial charge is 0.374 e. The number of hydrogen-bond acceptors (Lipinski definition) is 2. The molecule has 0 unspecified atom stereocenters. The Bertz CT molecular complexity index is 128. The molecule has 2 heteroatoms. The molecule has 2 N–H and O–H groups in total. The molecule has 0 atom stereocenters. The first kappa shape index (κ1) is 9.75. The molecule has 1 saturated carbocycles. The third-order valence-electron chi connectivity index (χ3n) is 2.28. The maximum absolute atomic E-state index is 5.64. The molecule has 0 heterocycles. The lowest BCUT2D eigenvalue weighted by molar-refractivity contribution is 0.0465. The molecule has 2 nitrogen and oxygen atoms in total. The lowest BCUT2D eigenvalue weighted by atomic mass is 9.98. The average molecular weight is 169 g/mol. The highest BCUT2D eigenvalue weighted by atomic mass is 16.5. The monoisotopic (exact) mass is 169 g/mol. The molecule has 0 saturated heterocycles. The van der Waals surface area contributed by atoms with Crippen molar-refractivity contribution in [3.05, 3.63) is 12.2 Å². The Kier molecular flexibility index (Phi) is 5.04. The number of hydrogen-bond donors (Lipinski definition) is 1. The second-order valence-electron chi connectivity index (χ2n) is 3.30. The molecule has 12 heavy (non-hydrogen) atoms. The van der Waals surface area contributed by atoms with Crippen LogP contribution in [0.4, 0.5) is 0 Å². The van der Waals surface area contributed by atoms with Gasteiger partial charge < -0.3 is 10.5 Å². The van der Waals surface area contributed by atoms with E-state index in [9.17, 15) is 0 Å². The van der Waals surface area contributed by atoms with Crippen LogP contribution in [0, 0.1) is 0 Å². The minimum atomic E-state index is 0.515. The standard InChI is InChI=1S/C10H19NO/c11-8-4-5-9-12-10-6-2-1-3-7-10/h4-5,10H,1-3,6-9,11H2. The molecular formula is C10H19NO. The van der Waals surface area contributed by atoms with Gasteiger partial charge in [-0.2, -0.15) is 0 Å². The molecule has 0 radical (unpaired) electrons. The van der Waals surface area contributed by atoms with Gasteiger partial charge in [-0.3, -0.25) is 0 Å². The van der Waals surface area contributed by atoms with E-state index in [1.807, 2.05) is 12.2 Å². The van der Waals surface area contributed by atoms with Gasteiger partial charge in [-0.25, -0.2) is 0 Å². The predicted molar refractivity (Wildman–Crippen MR) is 51.0 cm³/mol. The second-order valence-corrected chi connectivity index (χ2v) is 3.30. The minimum absolute atomic E-state index is 0.515. The van der Waals surface area contributed by atoms with E-state index in [2.05, 4.69) is 0 Å². The zero-order chi connectivity index (χ0) is 8.65. The molecule has 0 amide bonds. The van der Waals surface area contributed by atoms with Crippen LogP contribution in [0.15, 0.2) is 12.2 Å². The van der Waals surface area contributed by atoms with Crippen molar-refractivity contribution in [1.29, 1.82) is 0 Å². The van der Waals surface area contributed by atoms with E-state index in [4.69, 9.17) is 10.5 Å². The van der Waals surface area contributed by atoms with Gasteiger partial charge in [-0.15, -0.1) is 0 Å². The van der Waals surface area contributed by atoms with Crippen molar-refractivity contribution in [2.24, 2.45) is 5.73 Å². The fourth-order valence-electron chi connectivity index (χ4n) is 1.59. The van der Waals surface area contributed by atoms with E-state index in [0.717, 1.165) is 6.61 Å². The van der Waals surface area contributed by atoms with Crippen molar-refractivity contribution in [1.82, 2.24) is 0 Å². The van der Waals surface area contributed by atoms with Gasteiger partial charge in [0.1, 0.15) is 0 Å². The molecule has 1 rings (SSSR count). The molecular weight excluding hydrogens is 150 g/mol. The fraction of sp³-hybridized carbons (Fsp3) is 0.800. The lowest BCUT2D eigenvalue weighted by Crippen LogP contribution is -2.16. The van der Waals surface area contributed by atoms with E-state index >= 15 is 0 Å². The van der Waals surface area contributed by atoms with Gasteiger partial charge in [-0.1, -0.05) is 31.4 Å². The average Bonchev–Trinajstić information content (AvgIpc) is 2.14. The summed E-state index contributed by atoms with van der Waals surface area (Å²) in [5.74, 6) is 0. The van der Waals surface area contributed by atoms with Crippen molar-refractivity contribution < 1.29 is 4.74 Å². The molecule has 0 bridgehead atoms. The van der Waals surface area contributed by atoms with Crippen LogP contribution >= 0.6 is 0 Å². The Morgan fingerprint density at radius 2 is 1.92 bits per heavy atom. The Balaban J connectivity index is 2.01. The molecule has 0 spiro atoms. The van der Waals surface area contributed by atoms with Crippen molar-refractivity contribution in [3.63, 3.8) is 0 Å². The summed E-state index contributed by atoms with van der Waals surface area (Å²) in [6.45, 7) is 1.36. The molecule has 0 aromatic carbocycles. The predicted octanol–water partition coefficient (Wildman–Crippen LogP) is 1.85. The summed E-state index contributed by atoms with van der Waals surface area (Å²) >= 11 is 0. The van der Waals surface area contributed by atoms with Crippen molar-refractivity contribution in [2.45, 2.75) is 38.2 Å². The van der Waals surface area contributed by atoms with Crippen LogP contribution in [-0.4, -0.2) is 19.3 Å². The molecule has 1 fully saturated rings. The normalized spacial score (nSPS) is 20.4. The van der Waals surface area contributed by atoms with E-state index in [0.29, 0.717) is 12.6 Å². The first-order chi connectivity index (χ1) is 5.93. The second kappa shape index (κ2) is 6.21. The third kappa shape index (κ3) is 3.88. The topological polar surface area (TPSA) is 35.2 Å². The Morgan fingerprint density at radius 1 is 1.17 bits per heavy atom. The van der Waals surface area contributed by atoms with Crippen LogP contribution in [0.5, 0.6) is 0 Å². The van der Waals surface area contributed by atoms with Crippen LogP contribution in [-0.2, 0) is 4.74 Å². The molecule has 1 aliphatic carbocycles. The van der Waals surface area contributed by atoms with Crippen LogP contribution in [0.2, 0.25) is 0 Å². The maximum atomic E-state index is 5.64. The van der Waals surface area contributed by atoms with Gasteiger partial charge in [0.25, 0.3) is 0 Å². The van der Waals surface area contributed by atoms with E-state index < -0.39 is 0 Å². The minimum Gasteiger partial charge on any atom is -0.374 e. The Labute approximate surface area is 74.8 Å². The van der Waals surface area contributed by atoms with Crippen molar-refractivity contribution in [3.8, 4) is 0 Å². The van der Waals surface area contributed by atoms with Crippen LogP contribution in [0.1, 0.15) is 32.1 Å². The highest BCUT2D eigenvalue weighted by molar-refractivity contribution is 4.82. The molecule has 1 aliphatic rings. The van der Waals surface area contributed by atoms with Gasteiger partial charge in [0.05, 0.1) is 12.7 Å². The molecule has 0 aromatic heterocycles. The van der Waals surface area contributed by atoms with Crippen LogP contribution in [0.3, 0.4) is 0 Å². The van der Waals surface area contributed by atoms with Gasteiger partial charge in [0.15, 0.2) is 0 Å². The van der Waals surface area contributed by atoms with Gasteiger partial charge in [0.2, 0.25) is 0 Å². The summed E-state index contributed by atoms with van der Waals surface area (Å²) in [4.78, 5) is 0. The lowest BCUT2D eigenvalue weighted by Gasteiger charge is -2.21. The summed E-state index contributed by atoms with van der Waals surface area (Å²) in [7, 11) is 0. The van der Waals surface area contributed by atoms with E-state index in [1.165, 1.54) is 32.1 Å². The van der Waals surface area contributed by atoms with Gasteiger partial charge >= 0.3 is 0 Å². The Hall–Kier alpha value is -0.340. The van der Waals surface area contributed by atoms with E-state index in [1.54, 1.807) is 0 Å². The quantitative estimate of drug-likeness (QED) is 0.652. The van der Waals surface area contributed by atoms with Crippen molar-refractivity contribution in [2.75, 3.05) is 13.2 Å². The van der Waals surface area contributed by atoms with Gasteiger partial charge in [0, 0.05) is 6.54 Å². The third-order valence-corrected chi connectivity index (χ3v) is 2.28. The molecule has 70 valence electrons. The number of ether oxygens (including phenoxy) is 1. The summed E-state index contributed by atoms with van der Waals surface area (Å²) in [5.41, 5.74) is 5.31.